The summed E-state index contributed by atoms with van der Waals surface area (Å²) in [5.41, 5.74) is 60.0. The number of hydrogen-bond acceptors (Lipinski definition) is 36. The molecule has 0 aliphatic heterocycles. The number of primary amides is 3. The number of ketones is 1. The van der Waals surface area contributed by atoms with E-state index >= 15 is 0 Å². The number of carboxylic acids is 1. The summed E-state index contributed by atoms with van der Waals surface area (Å²) in [4.78, 5) is 108. The Morgan fingerprint density at radius 2 is 0.838 bits per heavy atom. The number of nitrogens with one attached hydrogen (secondary N) is 1. The number of methoxy groups -OCH3 is 5. The molecule has 0 radical (unpaired) electrons. The number of benzene rings is 7. The molecular weight excluding hydrogens is 1830 g/mol. The van der Waals surface area contributed by atoms with E-state index in [4.69, 9.17) is 133 Å². The van der Waals surface area contributed by atoms with Gasteiger partial charge in [-0.3, -0.25) is 33.6 Å². The third kappa shape index (κ3) is 41.0. The summed E-state index contributed by atoms with van der Waals surface area (Å²) in [7, 11) is 8.71. The number of amides is 4. The van der Waals surface area contributed by atoms with Crippen molar-refractivity contribution in [2.24, 2.45) is 17.2 Å². The third-order valence-electron chi connectivity index (χ3n) is 17.8. The monoisotopic (exact) mass is 1950 g/mol. The van der Waals surface area contributed by atoms with Crippen molar-refractivity contribution in [1.29, 1.82) is 26.3 Å². The summed E-state index contributed by atoms with van der Waals surface area (Å²) < 4.78 is 39.3. The average Bonchev–Trinajstić information content (AvgIpc) is 0.825. The van der Waals surface area contributed by atoms with E-state index in [2.05, 4.69) is 24.8 Å². The van der Waals surface area contributed by atoms with Gasteiger partial charge in [0.05, 0.1) is 146 Å². The molecule has 7 aromatic carbocycles. The number of hydrogen-bond donors (Lipinski definition) is 14. The van der Waals surface area contributed by atoms with Crippen LogP contribution in [-0.4, -0.2) is 151 Å². The van der Waals surface area contributed by atoms with Crippen LogP contribution in [0.5, 0.6) is 40.2 Å². The van der Waals surface area contributed by atoms with Crippen LogP contribution >= 0.6 is 34.3 Å². The molecule has 24 N–H and O–H groups in total. The fourth-order valence-corrected chi connectivity index (χ4v) is 11.9. The molecule has 9 rings (SSSR count). The van der Waals surface area contributed by atoms with Gasteiger partial charge in [0.15, 0.2) is 15.6 Å². The van der Waals surface area contributed by atoms with E-state index in [-0.39, 0.29) is 124 Å². The molecule has 0 aliphatic rings. The summed E-state index contributed by atoms with van der Waals surface area (Å²) >= 11 is 7.79. The molecule has 0 aliphatic carbocycles. The fraction of sp³-hybridized carbons (Fsp3) is 0.312. The second-order valence-electron chi connectivity index (χ2n) is 27.0. The largest absolute Gasteiger partial charge is 1.00 e. The van der Waals surface area contributed by atoms with Gasteiger partial charge in [0.1, 0.15) is 94.6 Å². The first kappa shape index (κ1) is 130. The molecule has 0 bridgehead atoms. The van der Waals surface area contributed by atoms with Crippen molar-refractivity contribution in [2.75, 3.05) is 102 Å². The molecule has 0 atom stereocenters. The van der Waals surface area contributed by atoms with Gasteiger partial charge >= 0.3 is 47.5 Å². The molecular formula is C93H119ClN17NaO22S2. The number of carboxylic acid groups (broad SMARTS) is 1. The van der Waals surface area contributed by atoms with Crippen molar-refractivity contribution in [1.82, 2.24) is 9.97 Å². The van der Waals surface area contributed by atoms with E-state index in [1.807, 2.05) is 63.6 Å². The van der Waals surface area contributed by atoms with Crippen LogP contribution in [0.25, 0.3) is 0 Å². The second kappa shape index (κ2) is 67.2. The van der Waals surface area contributed by atoms with Crippen LogP contribution in [0.15, 0.2) is 101 Å². The number of anilines is 7. The summed E-state index contributed by atoms with van der Waals surface area (Å²) in [6.07, 6.45) is 1.48. The summed E-state index contributed by atoms with van der Waals surface area (Å²) in [5, 5.41) is 83.5. The van der Waals surface area contributed by atoms with Crippen molar-refractivity contribution >= 4 is 127 Å². The summed E-state index contributed by atoms with van der Waals surface area (Å²) in [6, 6.07) is 29.4. The number of ether oxygens (including phenoxy) is 8. The number of phenolic OH excluding ortho intramolecular Hbond substituents is 2. The normalized spacial score (nSPS) is 9.24. The number of Topliss-reactive ketones (excluding diaryl/α,β-unsaturated/α-hetero) is 1. The zero-order valence-corrected chi connectivity index (χ0v) is 83.5. The van der Waals surface area contributed by atoms with Gasteiger partial charge in [-0.15, -0.1) is 22.7 Å². The maximum absolute atomic E-state index is 12.4. The molecule has 0 unspecified atom stereocenters. The van der Waals surface area contributed by atoms with E-state index < -0.39 is 40.9 Å². The predicted octanol–water partition coefficient (Wildman–Crippen LogP) is 11.1. The van der Waals surface area contributed by atoms with Crippen LogP contribution in [0.4, 0.5) is 39.8 Å². The van der Waals surface area contributed by atoms with E-state index in [9.17, 15) is 48.3 Å². The number of aromatic nitrogens is 2. The van der Waals surface area contributed by atoms with Crippen LogP contribution in [-0.2, 0) is 23.8 Å². The standard InChI is InChI=1S/C16H19N3O3S.C11H12N2O3.2C9H12N2O2.C9H10N2O.C9H11NO3.C8H8N2O.C7H8ClNOS.C7H12O3.C6H6N2O.CH4O.CH4.Na.H2O/c1-8(2)11-7-23-16(18-11)15(21)19-13-9(3)12(22-4)6-5-10(13)14(17)20;1-3-16-11(15)8-4-7(5-12)9(13)6(2)10(8)14;2*1-5-7(13-2)4-3-6(8(5)10)9(11)12;1-6-8(12-2)4-3-7(5-10)9(6)11;1-5-7(13-2)4-3-6(8(5)10)9(11)12;1-5-7(11)3-2-6(4-9)8(5)10;1-4(2)5-3-11-7(9-5)6(8)10;1-3-6(8)5-7(9)10-4-2;1-2-9-5-6(3-7)4-8;1-2;;;/h5-8H,1-4H3,(H2,17,20)(H,19,21);4,14H,3,13H2,1-2H3;2*3-4H,10H2,1-2H3,(H2,11,12);3-4H,11H2,1-2H3;3-4H,10H2,1-2H3,(H,11,12);2-3,11H,10H2,1H3;3-4H,1-2H3;3-5H2,1-2H3;5H,2H2,1H3;2H,1H3;1H4;;1H2/q;;;;;;;;;;;;+1;/p-1. The molecule has 39 nitrogen and oxygen atoms in total. The Hall–Kier alpha value is -15.0. The Balaban J connectivity index is -0.000000470. The topological polar surface area (TPSA) is 729 Å². The SMILES string of the molecule is C.CC(C)c1csc(C(=O)Cl)n1.CCOC(=O)CC(=O)CC.CCOC(=O)c1cc(C#N)c(N)c(C)c1O.CCOC=C(C#N)C#N.CO.COc1ccc(C#N)c(N)c1C.COc1ccc(C(=O)O)c(N)c1C.COc1ccc(C(N)=O)c(N)c1C.COc1ccc(C(N)=O)c(N)c1C.COc1ccc(C(N)=O)c(NC(=O)c2nc(C(C)C)cs2)c1C.Cc1c(O)ccc(C#N)c1N.[Na+].[OH-]. The van der Waals surface area contributed by atoms with Crippen LogP contribution in [0.1, 0.15) is 226 Å². The van der Waals surface area contributed by atoms with Gasteiger partial charge in [0, 0.05) is 63.2 Å². The number of thiazole rings is 2. The molecule has 43 heteroatoms. The first-order chi connectivity index (χ1) is 62.6. The molecule has 0 saturated heterocycles. The smallest absolute Gasteiger partial charge is 0.870 e. The molecule has 2 aromatic heterocycles. The number of nitrogens with two attached hydrogens (primary N) is 9. The molecule has 136 heavy (non-hydrogen) atoms. The summed E-state index contributed by atoms with van der Waals surface area (Å²) in [6.45, 7) is 28.0. The maximum atomic E-state index is 12.4. The van der Waals surface area contributed by atoms with Gasteiger partial charge in [-0.2, -0.15) is 26.3 Å². The number of phenols is 2. The molecule has 0 saturated carbocycles. The van der Waals surface area contributed by atoms with Crippen LogP contribution < -0.4 is 110 Å². The van der Waals surface area contributed by atoms with Crippen LogP contribution in [0.3, 0.4) is 0 Å². The minimum absolute atomic E-state index is 0. The van der Waals surface area contributed by atoms with Gasteiger partial charge in [-0.1, -0.05) is 42.0 Å². The number of carbonyl (C=O) groups is 9. The Morgan fingerprint density at radius 3 is 1.18 bits per heavy atom. The predicted molar refractivity (Wildman–Crippen MR) is 518 cm³/mol. The minimum atomic E-state index is -1.02. The first-order valence-corrected chi connectivity index (χ1v) is 41.5. The molecule has 2 heterocycles. The summed E-state index contributed by atoms with van der Waals surface area (Å²) in [5.74, 6) is -0.553. The Labute approximate surface area is 826 Å². The number of aliphatic hydroxyl groups is 1. The number of nitrogens with zero attached hydrogens (tertiary/aromatic N) is 7. The molecule has 4 amide bonds. The van der Waals surface area contributed by atoms with E-state index in [1.54, 1.807) is 144 Å². The van der Waals surface area contributed by atoms with Crippen LogP contribution in [0.2, 0.25) is 0 Å². The van der Waals surface area contributed by atoms with E-state index in [1.165, 1.54) is 74.1 Å². The second-order valence-corrected chi connectivity index (χ2v) is 29.1. The minimum Gasteiger partial charge on any atom is -0.870 e. The number of allylic oxidation sites excluding steroid dienone is 1. The number of carbonyl (C=O) groups excluding carboxylic acids is 8. The van der Waals surface area contributed by atoms with Crippen molar-refractivity contribution in [3.8, 4) is 70.6 Å². The van der Waals surface area contributed by atoms with Crippen LogP contribution in [0, 0.1) is 105 Å². The quantitative estimate of drug-likeness (QED) is 0.00570. The number of aromatic hydroxyl groups is 2. The van der Waals surface area contributed by atoms with Crippen molar-refractivity contribution < 1.29 is 137 Å². The van der Waals surface area contributed by atoms with Gasteiger partial charge in [0.25, 0.3) is 28.9 Å². The van der Waals surface area contributed by atoms with Crippen molar-refractivity contribution in [2.45, 2.75) is 136 Å². The Bertz CT molecular complexity index is 5610. The maximum Gasteiger partial charge on any atom is 1.00 e. The number of rotatable bonds is 22. The number of esters is 2. The molecule has 728 valence electrons. The molecule has 0 spiro atoms. The number of halogens is 1. The first-order valence-electron chi connectivity index (χ1n) is 39.4. The molecule has 9 aromatic rings. The number of nitriles is 5. The number of nitrogen functional groups attached to an aromatic ring is 6. The van der Waals surface area contributed by atoms with Crippen molar-refractivity contribution in [3.63, 3.8) is 0 Å². The fourth-order valence-electron chi connectivity index (χ4n) is 10.0. The van der Waals surface area contributed by atoms with E-state index in [0.717, 1.165) is 41.5 Å². The number of aromatic carboxylic acids is 1. The Morgan fingerprint density at radius 1 is 0.485 bits per heavy atom. The number of aliphatic hydroxyl groups excluding tert-OH is 1. The van der Waals surface area contributed by atoms with Crippen molar-refractivity contribution in [3.05, 3.63) is 206 Å². The third-order valence-corrected chi connectivity index (χ3v) is 19.8. The zero-order valence-electron chi connectivity index (χ0n) is 79.1. The average molecular weight is 1950 g/mol. The van der Waals surface area contributed by atoms with Gasteiger partial charge in [0.2, 0.25) is 0 Å². The van der Waals surface area contributed by atoms with Gasteiger partial charge in [-0.25, -0.2) is 19.6 Å². The zero-order chi connectivity index (χ0) is 103. The van der Waals surface area contributed by atoms with Gasteiger partial charge in [-0.05, 0) is 172 Å². The van der Waals surface area contributed by atoms with Gasteiger partial charge < -0.3 is 121 Å². The molecule has 0 fully saturated rings. The Kier molecular flexibility index (Phi) is 64.0. The van der Waals surface area contributed by atoms with E-state index in [0.29, 0.717) is 137 Å².